The van der Waals surface area contributed by atoms with Crippen molar-refractivity contribution in [3.05, 3.63) is 53.8 Å². The quantitative estimate of drug-likeness (QED) is 0.658. The molecule has 0 N–H and O–H groups in total. The molecule has 0 aromatic heterocycles. The van der Waals surface area contributed by atoms with Crippen molar-refractivity contribution in [2.24, 2.45) is 0 Å². The third kappa shape index (κ3) is 3.28. The number of allylic oxidation sites excluding steroid dienone is 2. The third-order valence-corrected chi connectivity index (χ3v) is 2.50. The lowest BCUT2D eigenvalue weighted by atomic mass is 10.2. The molecule has 0 amide bonds. The van der Waals surface area contributed by atoms with Gasteiger partial charge in [-0.2, -0.15) is 0 Å². The zero-order chi connectivity index (χ0) is 11.3. The Kier molecular flexibility index (Phi) is 4.17. The maximum absolute atomic E-state index is 5.67. The zero-order valence-electron chi connectivity index (χ0n) is 9.71. The van der Waals surface area contributed by atoms with Crippen molar-refractivity contribution in [2.75, 3.05) is 0 Å². The maximum Gasteiger partial charge on any atom is 0.126 e. The lowest BCUT2D eigenvalue weighted by molar-refractivity contribution is 0.378. The molecule has 15 heavy (non-hydrogen) atoms. The summed E-state index contributed by atoms with van der Waals surface area (Å²) >= 11 is 0. The zero-order valence-corrected chi connectivity index (χ0v) is 9.71. The molecule has 0 aliphatic carbocycles. The van der Waals surface area contributed by atoms with E-state index >= 15 is 0 Å². The molecule has 1 nitrogen and oxygen atoms in total. The summed E-state index contributed by atoms with van der Waals surface area (Å²) in [5.41, 5.74) is 2.29. The Balaban J connectivity index is 2.73. The van der Waals surface area contributed by atoms with E-state index in [0.717, 1.165) is 17.7 Å². The summed E-state index contributed by atoms with van der Waals surface area (Å²) in [5, 5.41) is 0. The fourth-order valence-electron chi connectivity index (χ4n) is 1.20. The van der Waals surface area contributed by atoms with Crippen LogP contribution < -0.4 is 0 Å². The van der Waals surface area contributed by atoms with Crippen LogP contribution in [-0.4, -0.2) is 0 Å². The summed E-state index contributed by atoms with van der Waals surface area (Å²) in [6.45, 7) is 10.1. The first-order valence-corrected chi connectivity index (χ1v) is 5.23. The molecule has 1 aromatic carbocycles. The number of hydrogen-bond donors (Lipinski definition) is 0. The van der Waals surface area contributed by atoms with Gasteiger partial charge in [-0.25, -0.2) is 0 Å². The molecule has 0 bridgehead atoms. The lowest BCUT2D eigenvalue weighted by Crippen LogP contribution is -1.91. The van der Waals surface area contributed by atoms with Crippen molar-refractivity contribution in [3.63, 3.8) is 0 Å². The Morgan fingerprint density at radius 2 is 1.80 bits per heavy atom. The fraction of sp³-hybridized carbons (Fsp3) is 0.286. The van der Waals surface area contributed by atoms with E-state index in [1.807, 2.05) is 37.3 Å². The van der Waals surface area contributed by atoms with Crippen molar-refractivity contribution < 1.29 is 4.74 Å². The molecule has 0 saturated carbocycles. The van der Waals surface area contributed by atoms with Gasteiger partial charge in [0, 0.05) is 5.56 Å². The van der Waals surface area contributed by atoms with E-state index in [-0.39, 0.29) is 0 Å². The Hall–Kier alpha value is -1.50. The lowest BCUT2D eigenvalue weighted by Gasteiger charge is -2.11. The first-order valence-electron chi connectivity index (χ1n) is 5.23. The van der Waals surface area contributed by atoms with Gasteiger partial charge in [0.05, 0.1) is 5.76 Å². The molecule has 0 spiro atoms. The van der Waals surface area contributed by atoms with E-state index in [1.165, 1.54) is 5.57 Å². The minimum absolute atomic E-state index is 0.709. The average molecular weight is 202 g/mol. The molecule has 1 aromatic rings. The number of ether oxygens (including phenoxy) is 1. The van der Waals surface area contributed by atoms with Gasteiger partial charge in [-0.05, 0) is 25.8 Å². The van der Waals surface area contributed by atoms with Crippen LogP contribution in [0.5, 0.6) is 0 Å². The highest BCUT2D eigenvalue weighted by molar-refractivity contribution is 5.57. The van der Waals surface area contributed by atoms with E-state index in [4.69, 9.17) is 4.74 Å². The molecule has 0 radical (unpaired) electrons. The van der Waals surface area contributed by atoms with Crippen LogP contribution in [0.2, 0.25) is 0 Å². The Morgan fingerprint density at radius 3 is 2.33 bits per heavy atom. The van der Waals surface area contributed by atoms with E-state index < -0.39 is 0 Å². The monoisotopic (exact) mass is 202 g/mol. The predicted molar refractivity (Wildman–Crippen MR) is 65.2 cm³/mol. The van der Waals surface area contributed by atoms with Crippen LogP contribution in [0.3, 0.4) is 0 Å². The molecule has 0 fully saturated rings. The van der Waals surface area contributed by atoms with Crippen LogP contribution in [0.15, 0.2) is 48.2 Å². The highest BCUT2D eigenvalue weighted by Gasteiger charge is 2.01. The van der Waals surface area contributed by atoms with Crippen molar-refractivity contribution in [1.29, 1.82) is 0 Å². The molecular formula is C14H18O. The minimum atomic E-state index is 0.709. The van der Waals surface area contributed by atoms with Gasteiger partial charge in [-0.1, -0.05) is 43.8 Å². The molecule has 0 aliphatic rings. The summed E-state index contributed by atoms with van der Waals surface area (Å²) < 4.78 is 5.67. The SMILES string of the molecule is C=C(O/C(C)=C(\C)CC)c1ccccc1. The van der Waals surface area contributed by atoms with Crippen LogP contribution >= 0.6 is 0 Å². The number of rotatable bonds is 4. The van der Waals surface area contributed by atoms with Gasteiger partial charge in [0.2, 0.25) is 0 Å². The van der Waals surface area contributed by atoms with E-state index in [0.29, 0.717) is 5.76 Å². The van der Waals surface area contributed by atoms with Crippen molar-refractivity contribution in [1.82, 2.24) is 0 Å². The third-order valence-electron chi connectivity index (χ3n) is 2.50. The van der Waals surface area contributed by atoms with Crippen molar-refractivity contribution in [2.45, 2.75) is 27.2 Å². The molecule has 0 heterocycles. The van der Waals surface area contributed by atoms with Gasteiger partial charge in [-0.3, -0.25) is 0 Å². The smallest absolute Gasteiger partial charge is 0.126 e. The summed E-state index contributed by atoms with van der Waals surface area (Å²) in [4.78, 5) is 0. The second-order valence-electron chi connectivity index (χ2n) is 3.58. The second kappa shape index (κ2) is 5.40. The first kappa shape index (κ1) is 11.6. The molecule has 1 rings (SSSR count). The molecule has 80 valence electrons. The molecule has 1 heteroatoms. The van der Waals surface area contributed by atoms with Gasteiger partial charge in [-0.15, -0.1) is 0 Å². The van der Waals surface area contributed by atoms with Crippen LogP contribution in [0.25, 0.3) is 5.76 Å². The van der Waals surface area contributed by atoms with Gasteiger partial charge in [0.15, 0.2) is 0 Å². The van der Waals surface area contributed by atoms with E-state index in [1.54, 1.807) is 0 Å². The number of benzene rings is 1. The second-order valence-corrected chi connectivity index (χ2v) is 3.58. The topological polar surface area (TPSA) is 9.23 Å². The highest BCUT2D eigenvalue weighted by atomic mass is 16.5. The van der Waals surface area contributed by atoms with Gasteiger partial charge >= 0.3 is 0 Å². The average Bonchev–Trinajstić information content (AvgIpc) is 2.29. The predicted octanol–water partition coefficient (Wildman–Crippen LogP) is 4.38. The van der Waals surface area contributed by atoms with E-state index in [2.05, 4.69) is 20.4 Å². The van der Waals surface area contributed by atoms with Crippen molar-refractivity contribution >= 4 is 5.76 Å². The van der Waals surface area contributed by atoms with E-state index in [9.17, 15) is 0 Å². The summed E-state index contributed by atoms with van der Waals surface area (Å²) in [5.74, 6) is 1.66. The van der Waals surface area contributed by atoms with Gasteiger partial charge < -0.3 is 4.74 Å². The van der Waals surface area contributed by atoms with Crippen LogP contribution in [-0.2, 0) is 4.74 Å². The van der Waals surface area contributed by atoms with Crippen molar-refractivity contribution in [3.8, 4) is 0 Å². The van der Waals surface area contributed by atoms with Crippen LogP contribution in [0, 0.1) is 0 Å². The first-order chi connectivity index (χ1) is 7.15. The van der Waals surface area contributed by atoms with Gasteiger partial charge in [0.1, 0.15) is 5.76 Å². The Bertz CT molecular complexity index is 360. The maximum atomic E-state index is 5.67. The molecule has 0 unspecified atom stereocenters. The normalized spacial score (nSPS) is 11.9. The standard InChI is InChI=1S/C14H18O/c1-5-11(2)12(3)15-13(4)14-9-7-6-8-10-14/h6-10H,4-5H2,1-3H3/b12-11+. The largest absolute Gasteiger partial charge is 0.462 e. The van der Waals surface area contributed by atoms with Crippen LogP contribution in [0.1, 0.15) is 32.8 Å². The fourth-order valence-corrected chi connectivity index (χ4v) is 1.20. The Morgan fingerprint density at radius 1 is 1.20 bits per heavy atom. The molecule has 0 saturated heterocycles. The molecule has 0 atom stereocenters. The Labute approximate surface area is 92.1 Å². The summed E-state index contributed by atoms with van der Waals surface area (Å²) in [6, 6.07) is 9.94. The minimum Gasteiger partial charge on any atom is -0.462 e. The molecule has 0 aliphatic heterocycles. The highest BCUT2D eigenvalue weighted by Crippen LogP contribution is 2.19. The summed E-state index contributed by atoms with van der Waals surface area (Å²) in [6.07, 6.45) is 1.01. The van der Waals surface area contributed by atoms with Crippen LogP contribution in [0.4, 0.5) is 0 Å². The van der Waals surface area contributed by atoms with Gasteiger partial charge in [0.25, 0.3) is 0 Å². The molecular weight excluding hydrogens is 184 g/mol. The number of hydrogen-bond acceptors (Lipinski definition) is 1. The summed E-state index contributed by atoms with van der Waals surface area (Å²) in [7, 11) is 0.